The standard InChI is InChI=1S/C12H13NO4/c14-11(13-8-4-2-1-3-5-8)9-6-7-10(17-9)12(15)16/h1-2,6-8H,3-5H2,(H,13,14)(H,15,16). The van der Waals surface area contributed by atoms with Crippen LogP contribution in [-0.4, -0.2) is 23.0 Å². The molecule has 1 unspecified atom stereocenters. The first-order chi connectivity index (χ1) is 8.16. The number of nitrogens with one attached hydrogen (secondary N) is 1. The maximum Gasteiger partial charge on any atom is 0.371 e. The molecule has 1 aliphatic rings. The van der Waals surface area contributed by atoms with Crippen molar-refractivity contribution in [1.29, 1.82) is 0 Å². The van der Waals surface area contributed by atoms with Gasteiger partial charge in [-0.15, -0.1) is 0 Å². The lowest BCUT2D eigenvalue weighted by Crippen LogP contribution is -2.35. The molecule has 0 radical (unpaired) electrons. The zero-order valence-electron chi connectivity index (χ0n) is 9.18. The number of allylic oxidation sites excluding steroid dienone is 1. The Balaban J connectivity index is 1.99. The number of carboxylic acid groups (broad SMARTS) is 1. The Hall–Kier alpha value is -2.04. The Morgan fingerprint density at radius 3 is 2.65 bits per heavy atom. The van der Waals surface area contributed by atoms with E-state index in [-0.39, 0.29) is 23.5 Å². The van der Waals surface area contributed by atoms with E-state index in [0.29, 0.717) is 0 Å². The van der Waals surface area contributed by atoms with Gasteiger partial charge in [0.25, 0.3) is 5.91 Å². The van der Waals surface area contributed by atoms with Crippen LogP contribution in [0.25, 0.3) is 0 Å². The summed E-state index contributed by atoms with van der Waals surface area (Å²) in [6.07, 6.45) is 6.76. The molecule has 1 aromatic heterocycles. The van der Waals surface area contributed by atoms with Gasteiger partial charge in [-0.1, -0.05) is 12.2 Å². The van der Waals surface area contributed by atoms with Crippen LogP contribution in [0.1, 0.15) is 40.4 Å². The summed E-state index contributed by atoms with van der Waals surface area (Å²) in [5.41, 5.74) is 0. The molecular formula is C12H13NO4. The number of carboxylic acids is 1. The maximum atomic E-state index is 11.7. The Kier molecular flexibility index (Phi) is 3.27. The van der Waals surface area contributed by atoms with Crippen LogP contribution in [0.4, 0.5) is 0 Å². The monoisotopic (exact) mass is 235 g/mol. The molecule has 0 saturated carbocycles. The van der Waals surface area contributed by atoms with Crippen molar-refractivity contribution < 1.29 is 19.1 Å². The predicted octanol–water partition coefficient (Wildman–Crippen LogP) is 1.82. The highest BCUT2D eigenvalue weighted by molar-refractivity contribution is 5.93. The molecule has 2 N–H and O–H groups in total. The largest absolute Gasteiger partial charge is 0.475 e. The van der Waals surface area contributed by atoms with E-state index >= 15 is 0 Å². The summed E-state index contributed by atoms with van der Waals surface area (Å²) in [4.78, 5) is 22.3. The lowest BCUT2D eigenvalue weighted by molar-refractivity contribution is 0.0659. The number of aromatic carboxylic acids is 1. The molecule has 0 fully saturated rings. The molecule has 0 bridgehead atoms. The summed E-state index contributed by atoms with van der Waals surface area (Å²) < 4.78 is 4.92. The number of hydrogen-bond donors (Lipinski definition) is 2. The van der Waals surface area contributed by atoms with E-state index in [4.69, 9.17) is 9.52 Å². The fourth-order valence-electron chi connectivity index (χ4n) is 1.76. The summed E-state index contributed by atoms with van der Waals surface area (Å²) in [7, 11) is 0. The first-order valence-corrected chi connectivity index (χ1v) is 5.46. The highest BCUT2D eigenvalue weighted by Crippen LogP contribution is 2.13. The van der Waals surface area contributed by atoms with Gasteiger partial charge < -0.3 is 14.8 Å². The van der Waals surface area contributed by atoms with Crippen LogP contribution in [0.2, 0.25) is 0 Å². The van der Waals surface area contributed by atoms with E-state index in [9.17, 15) is 9.59 Å². The summed E-state index contributed by atoms with van der Waals surface area (Å²) in [6.45, 7) is 0. The number of furan rings is 1. The normalized spacial score (nSPS) is 18.9. The van der Waals surface area contributed by atoms with Crippen LogP contribution in [-0.2, 0) is 0 Å². The zero-order chi connectivity index (χ0) is 12.3. The molecule has 5 nitrogen and oxygen atoms in total. The van der Waals surface area contributed by atoms with Crippen LogP contribution in [0.3, 0.4) is 0 Å². The van der Waals surface area contributed by atoms with E-state index < -0.39 is 5.97 Å². The van der Waals surface area contributed by atoms with E-state index in [0.717, 1.165) is 19.3 Å². The van der Waals surface area contributed by atoms with Crippen molar-refractivity contribution in [2.75, 3.05) is 0 Å². The summed E-state index contributed by atoms with van der Waals surface area (Å²) >= 11 is 0. The van der Waals surface area contributed by atoms with Crippen LogP contribution in [0, 0.1) is 0 Å². The maximum absolute atomic E-state index is 11.7. The van der Waals surface area contributed by atoms with Crippen molar-refractivity contribution in [3.8, 4) is 0 Å². The van der Waals surface area contributed by atoms with Crippen LogP contribution in [0.5, 0.6) is 0 Å². The van der Waals surface area contributed by atoms with Crippen molar-refractivity contribution in [3.05, 3.63) is 35.8 Å². The van der Waals surface area contributed by atoms with Gasteiger partial charge in [-0.05, 0) is 31.4 Å². The quantitative estimate of drug-likeness (QED) is 0.783. The molecule has 2 rings (SSSR count). The SMILES string of the molecule is O=C(O)c1ccc(C(=O)NC2CC=CCC2)o1. The Morgan fingerprint density at radius 1 is 1.29 bits per heavy atom. The van der Waals surface area contributed by atoms with Gasteiger partial charge in [0.15, 0.2) is 5.76 Å². The van der Waals surface area contributed by atoms with Gasteiger partial charge in [-0.3, -0.25) is 4.79 Å². The van der Waals surface area contributed by atoms with Gasteiger partial charge in [0.2, 0.25) is 5.76 Å². The first kappa shape index (κ1) is 11.4. The van der Waals surface area contributed by atoms with Gasteiger partial charge in [0.05, 0.1) is 0 Å². The second-order valence-corrected chi connectivity index (χ2v) is 3.92. The topological polar surface area (TPSA) is 79.5 Å². The minimum atomic E-state index is -1.18. The fourth-order valence-corrected chi connectivity index (χ4v) is 1.76. The van der Waals surface area contributed by atoms with Crippen LogP contribution < -0.4 is 5.32 Å². The van der Waals surface area contributed by atoms with E-state index in [1.807, 2.05) is 6.08 Å². The summed E-state index contributed by atoms with van der Waals surface area (Å²) in [5.74, 6) is -1.72. The second-order valence-electron chi connectivity index (χ2n) is 3.92. The summed E-state index contributed by atoms with van der Waals surface area (Å²) in [6, 6.07) is 2.75. The van der Waals surface area contributed by atoms with Gasteiger partial charge in [0.1, 0.15) is 0 Å². The molecular weight excluding hydrogens is 222 g/mol. The number of carbonyl (C=O) groups excluding carboxylic acids is 1. The van der Waals surface area contributed by atoms with Crippen molar-refractivity contribution in [1.82, 2.24) is 5.32 Å². The summed E-state index contributed by atoms with van der Waals surface area (Å²) in [5, 5.41) is 11.5. The smallest absolute Gasteiger partial charge is 0.371 e. The highest BCUT2D eigenvalue weighted by Gasteiger charge is 2.18. The molecule has 90 valence electrons. The van der Waals surface area contributed by atoms with Crippen molar-refractivity contribution in [2.24, 2.45) is 0 Å². The third-order valence-electron chi connectivity index (χ3n) is 2.64. The molecule has 17 heavy (non-hydrogen) atoms. The van der Waals surface area contributed by atoms with Crippen molar-refractivity contribution >= 4 is 11.9 Å². The third-order valence-corrected chi connectivity index (χ3v) is 2.64. The van der Waals surface area contributed by atoms with Crippen LogP contribution >= 0.6 is 0 Å². The fraction of sp³-hybridized carbons (Fsp3) is 0.333. The predicted molar refractivity (Wildman–Crippen MR) is 59.9 cm³/mol. The second kappa shape index (κ2) is 4.86. The minimum absolute atomic E-state index is 0.0388. The highest BCUT2D eigenvalue weighted by atomic mass is 16.4. The van der Waals surface area contributed by atoms with Gasteiger partial charge in [-0.2, -0.15) is 0 Å². The molecule has 1 atom stereocenters. The average Bonchev–Trinajstić information content (AvgIpc) is 2.79. The lowest BCUT2D eigenvalue weighted by Gasteiger charge is -2.18. The van der Waals surface area contributed by atoms with E-state index in [1.54, 1.807) is 0 Å². The molecule has 0 aromatic carbocycles. The molecule has 0 aliphatic heterocycles. The zero-order valence-corrected chi connectivity index (χ0v) is 9.18. The minimum Gasteiger partial charge on any atom is -0.475 e. The van der Waals surface area contributed by atoms with Crippen LogP contribution in [0.15, 0.2) is 28.7 Å². The van der Waals surface area contributed by atoms with E-state index in [2.05, 4.69) is 11.4 Å². The molecule has 0 saturated heterocycles. The Bertz CT molecular complexity index is 461. The van der Waals surface area contributed by atoms with Gasteiger partial charge >= 0.3 is 5.97 Å². The molecule has 1 aliphatic carbocycles. The molecule has 1 aromatic rings. The average molecular weight is 235 g/mol. The molecule has 5 heteroatoms. The number of hydrogen-bond acceptors (Lipinski definition) is 3. The Labute approximate surface area is 98.1 Å². The number of carbonyl (C=O) groups is 2. The van der Waals surface area contributed by atoms with Gasteiger partial charge in [0, 0.05) is 6.04 Å². The van der Waals surface area contributed by atoms with Gasteiger partial charge in [-0.25, -0.2) is 4.79 Å². The molecule has 0 spiro atoms. The molecule has 1 amide bonds. The number of amides is 1. The lowest BCUT2D eigenvalue weighted by atomic mass is 10.0. The van der Waals surface area contributed by atoms with E-state index in [1.165, 1.54) is 12.1 Å². The molecule has 1 heterocycles. The first-order valence-electron chi connectivity index (χ1n) is 5.46. The Morgan fingerprint density at radius 2 is 2.06 bits per heavy atom. The number of rotatable bonds is 3. The van der Waals surface area contributed by atoms with Crippen molar-refractivity contribution in [2.45, 2.75) is 25.3 Å². The van der Waals surface area contributed by atoms with Crippen molar-refractivity contribution in [3.63, 3.8) is 0 Å². The third kappa shape index (κ3) is 2.75.